The van der Waals surface area contributed by atoms with Gasteiger partial charge in [0, 0.05) is 45.2 Å². The number of anilines is 1. The van der Waals surface area contributed by atoms with Crippen molar-refractivity contribution in [1.29, 1.82) is 0 Å². The fraction of sp³-hybridized carbons (Fsp3) is 0.636. The van der Waals surface area contributed by atoms with Crippen molar-refractivity contribution >= 4 is 5.95 Å². The lowest BCUT2D eigenvalue weighted by atomic mass is 10.2. The lowest BCUT2D eigenvalue weighted by Crippen LogP contribution is -2.53. The van der Waals surface area contributed by atoms with Crippen molar-refractivity contribution < 1.29 is 17.9 Å². The molecule has 1 aliphatic rings. The van der Waals surface area contributed by atoms with Gasteiger partial charge in [0.05, 0.1) is 12.2 Å². The highest BCUT2D eigenvalue weighted by Gasteiger charge is 2.31. The van der Waals surface area contributed by atoms with Gasteiger partial charge in [-0.1, -0.05) is 0 Å². The number of hydrogen-bond donors (Lipinski definition) is 1. The van der Waals surface area contributed by atoms with Crippen molar-refractivity contribution in [3.63, 3.8) is 0 Å². The van der Waals surface area contributed by atoms with E-state index in [4.69, 9.17) is 4.74 Å². The molecule has 2 rings (SSSR count). The minimum Gasteiger partial charge on any atom is -0.383 e. The van der Waals surface area contributed by atoms with Crippen molar-refractivity contribution in [2.24, 2.45) is 0 Å². The van der Waals surface area contributed by atoms with Gasteiger partial charge in [0.15, 0.2) is 0 Å². The van der Waals surface area contributed by atoms with Crippen LogP contribution >= 0.6 is 0 Å². The van der Waals surface area contributed by atoms with Gasteiger partial charge in [0.25, 0.3) is 0 Å². The second kappa shape index (κ2) is 5.70. The molecule has 0 amide bonds. The minimum absolute atomic E-state index is 0.129. The Bertz CT molecular complexity index is 407. The predicted octanol–water partition coefficient (Wildman–Crippen LogP) is 0.920. The molecule has 1 saturated heterocycles. The van der Waals surface area contributed by atoms with Crippen LogP contribution in [0.3, 0.4) is 0 Å². The highest BCUT2D eigenvalue weighted by atomic mass is 19.4. The average Bonchev–Trinajstić information content (AvgIpc) is 2.39. The van der Waals surface area contributed by atoms with Gasteiger partial charge in [-0.3, -0.25) is 0 Å². The van der Waals surface area contributed by atoms with Gasteiger partial charge < -0.3 is 15.0 Å². The summed E-state index contributed by atoms with van der Waals surface area (Å²) in [7, 11) is 1.61. The van der Waals surface area contributed by atoms with Crippen LogP contribution in [-0.4, -0.2) is 49.4 Å². The Kier molecular flexibility index (Phi) is 4.20. The van der Waals surface area contributed by atoms with E-state index in [0.717, 1.165) is 18.9 Å². The smallest absolute Gasteiger partial charge is 0.383 e. The van der Waals surface area contributed by atoms with E-state index in [1.54, 1.807) is 7.11 Å². The number of aromatic nitrogens is 2. The van der Waals surface area contributed by atoms with Crippen LogP contribution in [-0.2, 0) is 10.9 Å². The molecule has 1 atom stereocenters. The van der Waals surface area contributed by atoms with Crippen molar-refractivity contribution in [3.05, 3.63) is 18.0 Å². The summed E-state index contributed by atoms with van der Waals surface area (Å²) in [6.45, 7) is 2.53. The van der Waals surface area contributed by atoms with Crippen molar-refractivity contribution in [3.8, 4) is 0 Å². The number of piperazine rings is 1. The minimum atomic E-state index is -4.40. The van der Waals surface area contributed by atoms with Crippen LogP contribution in [0.15, 0.2) is 12.4 Å². The molecule has 0 spiro atoms. The number of hydrogen-bond acceptors (Lipinski definition) is 5. The Hall–Kier alpha value is -1.41. The zero-order chi connectivity index (χ0) is 13.9. The van der Waals surface area contributed by atoms with E-state index >= 15 is 0 Å². The van der Waals surface area contributed by atoms with Crippen molar-refractivity contribution in [2.45, 2.75) is 12.2 Å². The fourth-order valence-electron chi connectivity index (χ4n) is 1.95. The van der Waals surface area contributed by atoms with Gasteiger partial charge in [0.2, 0.25) is 5.95 Å². The third kappa shape index (κ3) is 3.54. The molecular formula is C11H15F3N4O. The van der Waals surface area contributed by atoms with E-state index in [0.29, 0.717) is 25.6 Å². The molecule has 1 N–H and O–H groups in total. The lowest BCUT2D eigenvalue weighted by molar-refractivity contribution is -0.138. The number of ether oxygens (including phenoxy) is 1. The molecule has 1 aromatic heterocycles. The molecule has 19 heavy (non-hydrogen) atoms. The summed E-state index contributed by atoms with van der Waals surface area (Å²) in [4.78, 5) is 9.43. The van der Waals surface area contributed by atoms with E-state index in [2.05, 4.69) is 15.3 Å². The number of halogens is 3. The van der Waals surface area contributed by atoms with E-state index in [9.17, 15) is 13.2 Å². The number of alkyl halides is 3. The monoisotopic (exact) mass is 276 g/mol. The Morgan fingerprint density at radius 1 is 1.42 bits per heavy atom. The SMILES string of the molecule is COCC1CN(c2ncc(C(F)(F)F)cn2)CCN1. The number of rotatable bonds is 3. The van der Waals surface area contributed by atoms with Crippen LogP contribution in [0.1, 0.15) is 5.56 Å². The molecule has 0 saturated carbocycles. The largest absolute Gasteiger partial charge is 0.419 e. The number of nitrogens with one attached hydrogen (secondary N) is 1. The molecule has 8 heteroatoms. The van der Waals surface area contributed by atoms with Gasteiger partial charge in [-0.15, -0.1) is 0 Å². The Morgan fingerprint density at radius 3 is 2.68 bits per heavy atom. The highest BCUT2D eigenvalue weighted by Crippen LogP contribution is 2.28. The summed E-state index contributed by atoms with van der Waals surface area (Å²) in [6.07, 6.45) is -2.77. The van der Waals surface area contributed by atoms with E-state index in [1.807, 2.05) is 4.90 Å². The van der Waals surface area contributed by atoms with Gasteiger partial charge in [-0.2, -0.15) is 13.2 Å². The molecule has 0 radical (unpaired) electrons. The Morgan fingerprint density at radius 2 is 2.11 bits per heavy atom. The zero-order valence-electron chi connectivity index (χ0n) is 10.4. The second-order valence-electron chi connectivity index (χ2n) is 4.32. The van der Waals surface area contributed by atoms with Gasteiger partial charge in [-0.05, 0) is 0 Å². The maximum atomic E-state index is 12.4. The normalized spacial score (nSPS) is 20.6. The lowest BCUT2D eigenvalue weighted by Gasteiger charge is -2.33. The van der Waals surface area contributed by atoms with E-state index in [-0.39, 0.29) is 6.04 Å². The molecule has 1 aromatic rings. The summed E-state index contributed by atoms with van der Waals surface area (Å²) >= 11 is 0. The maximum absolute atomic E-state index is 12.4. The molecule has 1 aliphatic heterocycles. The third-order valence-corrected chi connectivity index (χ3v) is 2.87. The molecule has 0 bridgehead atoms. The Labute approximate surface area is 108 Å². The van der Waals surface area contributed by atoms with Crippen molar-refractivity contribution in [2.75, 3.05) is 38.3 Å². The zero-order valence-corrected chi connectivity index (χ0v) is 10.4. The highest BCUT2D eigenvalue weighted by molar-refractivity contribution is 5.31. The molecule has 106 valence electrons. The fourth-order valence-corrected chi connectivity index (χ4v) is 1.95. The molecule has 1 fully saturated rings. The summed E-state index contributed by atoms with van der Waals surface area (Å²) in [6, 6.07) is 0.129. The summed E-state index contributed by atoms with van der Waals surface area (Å²) in [5.41, 5.74) is -0.833. The van der Waals surface area contributed by atoms with Gasteiger partial charge in [-0.25, -0.2) is 9.97 Å². The molecule has 0 aliphatic carbocycles. The average molecular weight is 276 g/mol. The molecule has 0 aromatic carbocycles. The predicted molar refractivity (Wildman–Crippen MR) is 62.9 cm³/mol. The summed E-state index contributed by atoms with van der Waals surface area (Å²) < 4.78 is 42.3. The first-order valence-electron chi connectivity index (χ1n) is 5.87. The summed E-state index contributed by atoms with van der Waals surface area (Å²) in [5, 5.41) is 3.25. The van der Waals surface area contributed by atoms with Crippen LogP contribution < -0.4 is 10.2 Å². The van der Waals surface area contributed by atoms with E-state index < -0.39 is 11.7 Å². The van der Waals surface area contributed by atoms with E-state index in [1.165, 1.54) is 0 Å². The van der Waals surface area contributed by atoms with Crippen LogP contribution in [0.5, 0.6) is 0 Å². The first-order chi connectivity index (χ1) is 9.00. The van der Waals surface area contributed by atoms with Crippen LogP contribution in [0.2, 0.25) is 0 Å². The first-order valence-corrected chi connectivity index (χ1v) is 5.87. The van der Waals surface area contributed by atoms with Gasteiger partial charge >= 0.3 is 6.18 Å². The standard InChI is InChI=1S/C11H15F3N4O/c1-19-7-9-6-18(3-2-15-9)10-16-4-8(5-17-10)11(12,13)14/h4-5,9,15H,2-3,6-7H2,1H3. The van der Waals surface area contributed by atoms with Gasteiger partial charge in [0.1, 0.15) is 0 Å². The topological polar surface area (TPSA) is 50.3 Å². The van der Waals surface area contributed by atoms with Crippen molar-refractivity contribution in [1.82, 2.24) is 15.3 Å². The summed E-state index contributed by atoms with van der Waals surface area (Å²) in [5.74, 6) is 0.315. The Balaban J connectivity index is 2.05. The maximum Gasteiger partial charge on any atom is 0.419 e. The number of methoxy groups -OCH3 is 1. The van der Waals surface area contributed by atoms with Crippen LogP contribution in [0.25, 0.3) is 0 Å². The molecule has 1 unspecified atom stereocenters. The molecule has 2 heterocycles. The quantitative estimate of drug-likeness (QED) is 0.889. The second-order valence-corrected chi connectivity index (χ2v) is 4.32. The molecular weight excluding hydrogens is 261 g/mol. The van der Waals surface area contributed by atoms with Crippen LogP contribution in [0.4, 0.5) is 19.1 Å². The first kappa shape index (κ1) is 14.0. The molecule has 5 nitrogen and oxygen atoms in total. The third-order valence-electron chi connectivity index (χ3n) is 2.87. The number of nitrogens with zero attached hydrogens (tertiary/aromatic N) is 3. The van der Waals surface area contributed by atoms with Crippen LogP contribution in [0, 0.1) is 0 Å².